The Balaban J connectivity index is 3.36. The van der Waals surface area contributed by atoms with E-state index in [1.165, 1.54) is 83.5 Å². The first-order chi connectivity index (χ1) is 14.4. The molecule has 0 spiro atoms. The Kier molecular flexibility index (Phi) is 19.6. The largest absolute Gasteiger partial charge is 0.471 e. The normalized spacial score (nSPS) is 12.8. The summed E-state index contributed by atoms with van der Waals surface area (Å²) in [6.07, 6.45) is 15.3. The third kappa shape index (κ3) is 19.2. The third-order valence-corrected chi connectivity index (χ3v) is 5.86. The molecular formula is C24H47F3N2O. The van der Waals surface area contributed by atoms with Crippen LogP contribution in [0.4, 0.5) is 13.2 Å². The maximum Gasteiger partial charge on any atom is 0.471 e. The Labute approximate surface area is 183 Å². The number of carbonyl (C=O) groups is 1. The van der Waals surface area contributed by atoms with Crippen LogP contribution in [0.2, 0.25) is 0 Å². The lowest BCUT2D eigenvalue weighted by Crippen LogP contribution is -2.37. The molecule has 0 aromatic carbocycles. The average Bonchev–Trinajstić information content (AvgIpc) is 2.71. The van der Waals surface area contributed by atoms with E-state index in [0.717, 1.165) is 25.9 Å². The summed E-state index contributed by atoms with van der Waals surface area (Å²) >= 11 is 0. The number of hydrogen-bond donors (Lipinski definition) is 2. The lowest BCUT2D eigenvalue weighted by Gasteiger charge is -2.16. The van der Waals surface area contributed by atoms with E-state index in [0.29, 0.717) is 12.3 Å². The quantitative estimate of drug-likeness (QED) is 0.188. The highest BCUT2D eigenvalue weighted by atomic mass is 19.4. The Morgan fingerprint density at radius 1 is 0.700 bits per heavy atom. The number of unbranched alkanes of at least 4 members (excludes halogenated alkanes) is 12. The van der Waals surface area contributed by atoms with Crippen molar-refractivity contribution in [3.8, 4) is 0 Å². The lowest BCUT2D eigenvalue weighted by atomic mass is 9.98. The zero-order valence-corrected chi connectivity index (χ0v) is 19.6. The summed E-state index contributed by atoms with van der Waals surface area (Å²) in [6, 6.07) is 0. The van der Waals surface area contributed by atoms with Crippen LogP contribution in [0.5, 0.6) is 0 Å². The van der Waals surface area contributed by atoms with Gasteiger partial charge in [-0.25, -0.2) is 0 Å². The predicted molar refractivity (Wildman–Crippen MR) is 121 cm³/mol. The topological polar surface area (TPSA) is 41.1 Å². The fraction of sp³-hybridized carbons (Fsp3) is 0.958. The van der Waals surface area contributed by atoms with E-state index in [4.69, 9.17) is 0 Å². The minimum absolute atomic E-state index is 0.0930. The molecule has 0 aliphatic heterocycles. The minimum atomic E-state index is -4.78. The molecular weight excluding hydrogens is 389 g/mol. The van der Waals surface area contributed by atoms with Gasteiger partial charge in [0, 0.05) is 6.54 Å². The van der Waals surface area contributed by atoms with Crippen molar-refractivity contribution in [2.45, 2.75) is 123 Å². The van der Waals surface area contributed by atoms with E-state index in [9.17, 15) is 18.0 Å². The highest BCUT2D eigenvalue weighted by Crippen LogP contribution is 2.16. The van der Waals surface area contributed by atoms with Gasteiger partial charge in [0.25, 0.3) is 0 Å². The molecule has 0 heterocycles. The second-order valence-corrected chi connectivity index (χ2v) is 8.60. The molecule has 3 nitrogen and oxygen atoms in total. The van der Waals surface area contributed by atoms with E-state index >= 15 is 0 Å². The number of carbonyl (C=O) groups excluding carboxylic acids is 1. The molecule has 0 rings (SSSR count). The molecule has 1 atom stereocenters. The standard InChI is InChI=1S/C24H47F3N2O/c1-3-5-6-7-8-9-10-11-12-13-14-15-16-19-28-20-17-22(4-2)18-21-29-23(30)24(25,26)27/h22,28H,3-21H2,1-2H3,(H,29,30). The van der Waals surface area contributed by atoms with Crippen LogP contribution < -0.4 is 10.6 Å². The molecule has 6 heteroatoms. The van der Waals surface area contributed by atoms with Crippen LogP contribution in [0.25, 0.3) is 0 Å². The van der Waals surface area contributed by atoms with Crippen molar-refractivity contribution < 1.29 is 18.0 Å². The first kappa shape index (κ1) is 29.2. The summed E-state index contributed by atoms with van der Waals surface area (Å²) in [5.74, 6) is -1.49. The molecule has 0 radical (unpaired) electrons. The second-order valence-electron chi connectivity index (χ2n) is 8.60. The van der Waals surface area contributed by atoms with Crippen LogP contribution in [0, 0.1) is 5.92 Å². The molecule has 0 fully saturated rings. The van der Waals surface area contributed by atoms with Crippen LogP contribution in [0.1, 0.15) is 117 Å². The van der Waals surface area contributed by atoms with Crippen molar-refractivity contribution in [1.82, 2.24) is 10.6 Å². The molecule has 0 bridgehead atoms. The monoisotopic (exact) mass is 436 g/mol. The maximum atomic E-state index is 12.1. The van der Waals surface area contributed by atoms with Gasteiger partial charge in [0.1, 0.15) is 0 Å². The third-order valence-electron chi connectivity index (χ3n) is 5.86. The van der Waals surface area contributed by atoms with Crippen LogP contribution >= 0.6 is 0 Å². The molecule has 30 heavy (non-hydrogen) atoms. The first-order valence-electron chi connectivity index (χ1n) is 12.5. The zero-order valence-electron chi connectivity index (χ0n) is 19.6. The van der Waals surface area contributed by atoms with Gasteiger partial charge < -0.3 is 10.6 Å². The summed E-state index contributed by atoms with van der Waals surface area (Å²) < 4.78 is 36.4. The van der Waals surface area contributed by atoms with Gasteiger partial charge in [-0.1, -0.05) is 97.3 Å². The molecule has 1 amide bonds. The molecule has 0 aromatic heterocycles. The highest BCUT2D eigenvalue weighted by molar-refractivity contribution is 5.81. The summed E-state index contributed by atoms with van der Waals surface area (Å²) in [5.41, 5.74) is 0. The summed E-state index contributed by atoms with van der Waals surface area (Å²) in [6.45, 7) is 6.30. The van der Waals surface area contributed by atoms with Crippen LogP contribution in [-0.4, -0.2) is 31.7 Å². The lowest BCUT2D eigenvalue weighted by molar-refractivity contribution is -0.173. The van der Waals surface area contributed by atoms with E-state index in [2.05, 4.69) is 12.2 Å². The van der Waals surface area contributed by atoms with Crippen LogP contribution in [-0.2, 0) is 4.79 Å². The SMILES string of the molecule is CCCCCCCCCCCCCCCNCCC(CC)CCNC(=O)C(F)(F)F. The molecule has 2 N–H and O–H groups in total. The number of rotatable bonds is 21. The molecule has 1 unspecified atom stereocenters. The molecule has 0 aliphatic carbocycles. The van der Waals surface area contributed by atoms with Gasteiger partial charge in [-0.05, 0) is 38.3 Å². The van der Waals surface area contributed by atoms with Crippen LogP contribution in [0.3, 0.4) is 0 Å². The van der Waals surface area contributed by atoms with Crippen LogP contribution in [0.15, 0.2) is 0 Å². The maximum absolute atomic E-state index is 12.1. The zero-order chi connectivity index (χ0) is 22.5. The average molecular weight is 437 g/mol. The number of halogens is 3. The van der Waals surface area contributed by atoms with Crippen molar-refractivity contribution in [2.75, 3.05) is 19.6 Å². The molecule has 180 valence electrons. The van der Waals surface area contributed by atoms with E-state index < -0.39 is 12.1 Å². The summed E-state index contributed by atoms with van der Waals surface area (Å²) in [4.78, 5) is 10.8. The van der Waals surface area contributed by atoms with Crippen molar-refractivity contribution in [1.29, 1.82) is 0 Å². The van der Waals surface area contributed by atoms with Gasteiger partial charge in [0.15, 0.2) is 0 Å². The van der Waals surface area contributed by atoms with Gasteiger partial charge >= 0.3 is 12.1 Å². The minimum Gasteiger partial charge on any atom is -0.348 e. The van der Waals surface area contributed by atoms with Gasteiger partial charge in [-0.2, -0.15) is 13.2 Å². The van der Waals surface area contributed by atoms with Crippen molar-refractivity contribution in [2.24, 2.45) is 5.92 Å². The van der Waals surface area contributed by atoms with Crippen molar-refractivity contribution >= 4 is 5.91 Å². The fourth-order valence-corrected chi connectivity index (χ4v) is 3.74. The predicted octanol–water partition coefficient (Wildman–Crippen LogP) is 7.15. The molecule has 0 aliphatic rings. The number of nitrogens with one attached hydrogen (secondary N) is 2. The summed E-state index contributed by atoms with van der Waals surface area (Å²) in [5, 5.41) is 5.41. The number of amides is 1. The van der Waals surface area contributed by atoms with Crippen molar-refractivity contribution in [3.05, 3.63) is 0 Å². The highest BCUT2D eigenvalue weighted by Gasteiger charge is 2.38. The smallest absolute Gasteiger partial charge is 0.348 e. The Hall–Kier alpha value is -0.780. The summed E-state index contributed by atoms with van der Waals surface area (Å²) in [7, 11) is 0. The first-order valence-corrected chi connectivity index (χ1v) is 12.5. The second kappa shape index (κ2) is 20.1. The number of alkyl halides is 3. The van der Waals surface area contributed by atoms with Gasteiger partial charge in [-0.15, -0.1) is 0 Å². The van der Waals surface area contributed by atoms with E-state index in [1.54, 1.807) is 0 Å². The number of hydrogen-bond acceptors (Lipinski definition) is 2. The molecule has 0 aromatic rings. The molecule has 0 saturated carbocycles. The van der Waals surface area contributed by atoms with Gasteiger partial charge in [0.05, 0.1) is 0 Å². The van der Waals surface area contributed by atoms with E-state index in [1.807, 2.05) is 12.2 Å². The Bertz CT molecular complexity index is 389. The van der Waals surface area contributed by atoms with E-state index in [-0.39, 0.29) is 6.54 Å². The fourth-order valence-electron chi connectivity index (χ4n) is 3.74. The molecule has 0 saturated heterocycles. The van der Waals surface area contributed by atoms with Gasteiger partial charge in [-0.3, -0.25) is 4.79 Å². The Morgan fingerprint density at radius 3 is 1.63 bits per heavy atom. The van der Waals surface area contributed by atoms with Crippen molar-refractivity contribution in [3.63, 3.8) is 0 Å². The van der Waals surface area contributed by atoms with Gasteiger partial charge in [0.2, 0.25) is 0 Å². The Morgan fingerprint density at radius 2 is 1.17 bits per heavy atom.